The van der Waals surface area contributed by atoms with E-state index in [2.05, 4.69) is 10.6 Å². The van der Waals surface area contributed by atoms with Crippen molar-refractivity contribution in [3.05, 3.63) is 83.7 Å². The second-order valence-electron chi connectivity index (χ2n) is 7.43. The molecule has 168 valence electrons. The van der Waals surface area contributed by atoms with E-state index in [0.717, 1.165) is 11.1 Å². The number of halogens is 1. The summed E-state index contributed by atoms with van der Waals surface area (Å²) in [7, 11) is 3.12. The second-order valence-corrected chi connectivity index (χ2v) is 7.43. The quantitative estimate of drug-likeness (QED) is 0.405. The summed E-state index contributed by atoms with van der Waals surface area (Å²) in [5.41, 5.74) is 3.67. The molecule has 0 saturated carbocycles. The Morgan fingerprint density at radius 3 is 2.39 bits per heavy atom. The monoisotopic (exact) mass is 446 g/mol. The molecule has 3 aromatic carbocycles. The molecule has 1 aromatic heterocycles. The smallest absolute Gasteiger partial charge is 0.255 e. The fraction of sp³-hybridized carbons (Fsp3) is 0.154. The molecular formula is C26H23FN2O4. The number of ether oxygens (including phenoxy) is 1. The summed E-state index contributed by atoms with van der Waals surface area (Å²) in [6.07, 6.45) is 0. The number of benzene rings is 3. The number of carbonyl (C=O) groups excluding carboxylic acids is 2. The van der Waals surface area contributed by atoms with Gasteiger partial charge >= 0.3 is 0 Å². The number of furan rings is 1. The highest BCUT2D eigenvalue weighted by Crippen LogP contribution is 2.36. The van der Waals surface area contributed by atoms with Crippen LogP contribution in [0.1, 0.15) is 20.7 Å². The highest BCUT2D eigenvalue weighted by molar-refractivity contribution is 6.11. The lowest BCUT2D eigenvalue weighted by molar-refractivity contribution is 0.0935. The van der Waals surface area contributed by atoms with E-state index < -0.39 is 0 Å². The number of nitrogens with one attached hydrogen (secondary N) is 2. The predicted octanol–water partition coefficient (Wildman–Crippen LogP) is 4.64. The van der Waals surface area contributed by atoms with Crippen molar-refractivity contribution < 1.29 is 23.1 Å². The van der Waals surface area contributed by atoms with Crippen molar-refractivity contribution in [2.45, 2.75) is 0 Å². The first kappa shape index (κ1) is 22.2. The lowest BCUT2D eigenvalue weighted by atomic mass is 9.99. The number of hydrogen-bond acceptors (Lipinski definition) is 4. The van der Waals surface area contributed by atoms with Gasteiger partial charge < -0.3 is 19.8 Å². The Kier molecular flexibility index (Phi) is 6.51. The third-order valence-corrected chi connectivity index (χ3v) is 5.30. The number of rotatable bonds is 7. The average Bonchev–Trinajstić information content (AvgIpc) is 3.23. The maximum atomic E-state index is 13.4. The Labute approximate surface area is 190 Å². The molecule has 0 atom stereocenters. The normalized spacial score (nSPS) is 10.9. The zero-order chi connectivity index (χ0) is 23.4. The van der Waals surface area contributed by atoms with Gasteiger partial charge in [0.2, 0.25) is 0 Å². The molecule has 0 bridgehead atoms. The van der Waals surface area contributed by atoms with Crippen LogP contribution in [0.25, 0.3) is 33.4 Å². The minimum absolute atomic E-state index is 0.192. The van der Waals surface area contributed by atoms with Crippen LogP contribution < -0.4 is 10.6 Å². The van der Waals surface area contributed by atoms with Crippen LogP contribution in [0.4, 0.5) is 4.39 Å². The molecule has 0 aliphatic rings. The molecule has 7 heteroatoms. The average molecular weight is 446 g/mol. The van der Waals surface area contributed by atoms with Crippen LogP contribution in [0.2, 0.25) is 0 Å². The summed E-state index contributed by atoms with van der Waals surface area (Å²) in [4.78, 5) is 25.2. The fourth-order valence-corrected chi connectivity index (χ4v) is 3.64. The van der Waals surface area contributed by atoms with E-state index in [1.54, 1.807) is 44.5 Å². The highest BCUT2D eigenvalue weighted by Gasteiger charge is 2.22. The topological polar surface area (TPSA) is 80.6 Å². The lowest BCUT2D eigenvalue weighted by Gasteiger charge is -2.07. The molecule has 33 heavy (non-hydrogen) atoms. The van der Waals surface area contributed by atoms with Crippen molar-refractivity contribution in [2.24, 2.45) is 0 Å². The van der Waals surface area contributed by atoms with E-state index in [4.69, 9.17) is 9.15 Å². The minimum Gasteiger partial charge on any atom is -0.455 e. The van der Waals surface area contributed by atoms with E-state index in [9.17, 15) is 14.0 Å². The number of fused-ring (bicyclic) bond motifs is 1. The predicted molar refractivity (Wildman–Crippen MR) is 125 cm³/mol. The molecule has 0 spiro atoms. The molecule has 4 aromatic rings. The molecule has 0 saturated heterocycles. The molecule has 0 unspecified atom stereocenters. The van der Waals surface area contributed by atoms with E-state index in [1.807, 2.05) is 24.3 Å². The van der Waals surface area contributed by atoms with Crippen molar-refractivity contribution in [3.63, 3.8) is 0 Å². The van der Waals surface area contributed by atoms with Gasteiger partial charge in [0.1, 0.15) is 17.2 Å². The molecule has 6 nitrogen and oxygen atoms in total. The van der Waals surface area contributed by atoms with Crippen LogP contribution in [0.3, 0.4) is 0 Å². The molecule has 2 amide bonds. The zero-order valence-electron chi connectivity index (χ0n) is 18.3. The number of hydrogen-bond donors (Lipinski definition) is 2. The Hall–Kier alpha value is -3.97. The van der Waals surface area contributed by atoms with Crippen molar-refractivity contribution in [2.75, 3.05) is 27.3 Å². The van der Waals surface area contributed by atoms with E-state index in [-0.39, 0.29) is 17.6 Å². The first-order chi connectivity index (χ1) is 16.0. The van der Waals surface area contributed by atoms with Gasteiger partial charge in [-0.25, -0.2) is 4.39 Å². The molecule has 0 radical (unpaired) electrons. The molecule has 2 N–H and O–H groups in total. The summed E-state index contributed by atoms with van der Waals surface area (Å²) in [6, 6.07) is 18.6. The van der Waals surface area contributed by atoms with Gasteiger partial charge in [-0.2, -0.15) is 0 Å². The summed E-state index contributed by atoms with van der Waals surface area (Å²) < 4.78 is 24.4. The van der Waals surface area contributed by atoms with Crippen LogP contribution in [0.15, 0.2) is 71.1 Å². The van der Waals surface area contributed by atoms with Crippen LogP contribution in [-0.2, 0) is 4.74 Å². The Bertz CT molecular complexity index is 1310. The van der Waals surface area contributed by atoms with Crippen molar-refractivity contribution >= 4 is 22.8 Å². The van der Waals surface area contributed by atoms with Crippen LogP contribution in [0, 0.1) is 5.82 Å². The van der Waals surface area contributed by atoms with Crippen LogP contribution >= 0.6 is 0 Å². The molecule has 4 rings (SSSR count). The van der Waals surface area contributed by atoms with Gasteiger partial charge in [-0.05, 0) is 59.7 Å². The fourth-order valence-electron chi connectivity index (χ4n) is 3.64. The maximum absolute atomic E-state index is 13.4. The second kappa shape index (κ2) is 9.67. The summed E-state index contributed by atoms with van der Waals surface area (Å²) in [6.45, 7) is 0.851. The third-order valence-electron chi connectivity index (χ3n) is 5.30. The molecule has 0 aliphatic heterocycles. The van der Waals surface area contributed by atoms with Crippen molar-refractivity contribution in [1.29, 1.82) is 0 Å². The van der Waals surface area contributed by atoms with Crippen LogP contribution in [-0.4, -0.2) is 39.1 Å². The largest absolute Gasteiger partial charge is 0.455 e. The van der Waals surface area contributed by atoms with Gasteiger partial charge in [0.05, 0.1) is 12.2 Å². The van der Waals surface area contributed by atoms with Crippen molar-refractivity contribution in [3.8, 4) is 22.5 Å². The first-order valence-corrected chi connectivity index (χ1v) is 10.4. The minimum atomic E-state index is -0.371. The standard InChI is InChI=1S/C26H23FN2O4/c1-28-26(31)23-21-15-18(17-4-3-5-19(14-17)25(30)29-12-13-32-2)8-11-22(21)33-24(23)16-6-9-20(27)10-7-16/h3-11,14-15H,12-13H2,1-2H3,(H,28,31)(H,29,30). The third kappa shape index (κ3) is 4.63. The number of methoxy groups -OCH3 is 1. The van der Waals surface area contributed by atoms with E-state index >= 15 is 0 Å². The molecular weight excluding hydrogens is 423 g/mol. The van der Waals surface area contributed by atoms with E-state index in [1.165, 1.54) is 12.1 Å². The lowest BCUT2D eigenvalue weighted by Crippen LogP contribution is -2.26. The number of amides is 2. The van der Waals surface area contributed by atoms with Gasteiger partial charge in [-0.15, -0.1) is 0 Å². The first-order valence-electron chi connectivity index (χ1n) is 10.4. The maximum Gasteiger partial charge on any atom is 0.255 e. The van der Waals surface area contributed by atoms with Gasteiger partial charge in [-0.3, -0.25) is 9.59 Å². The SMILES string of the molecule is CNC(=O)c1c(-c2ccc(F)cc2)oc2ccc(-c3cccc(C(=O)NCCOC)c3)cc12. The molecule has 0 fully saturated rings. The van der Waals surface area contributed by atoms with Gasteiger partial charge in [0, 0.05) is 37.2 Å². The van der Waals surface area contributed by atoms with E-state index in [0.29, 0.717) is 46.6 Å². The Morgan fingerprint density at radius 1 is 0.939 bits per heavy atom. The zero-order valence-corrected chi connectivity index (χ0v) is 18.3. The molecule has 1 heterocycles. The molecule has 0 aliphatic carbocycles. The number of carbonyl (C=O) groups is 2. The Morgan fingerprint density at radius 2 is 1.67 bits per heavy atom. The van der Waals surface area contributed by atoms with Gasteiger partial charge in [0.25, 0.3) is 11.8 Å². The summed E-state index contributed by atoms with van der Waals surface area (Å²) in [5.74, 6) is -0.503. The summed E-state index contributed by atoms with van der Waals surface area (Å²) in [5, 5.41) is 6.09. The summed E-state index contributed by atoms with van der Waals surface area (Å²) >= 11 is 0. The van der Waals surface area contributed by atoms with Gasteiger partial charge in [0.15, 0.2) is 0 Å². The Balaban J connectivity index is 1.77. The highest BCUT2D eigenvalue weighted by atomic mass is 19.1. The van der Waals surface area contributed by atoms with Crippen LogP contribution in [0.5, 0.6) is 0 Å². The van der Waals surface area contributed by atoms with Crippen molar-refractivity contribution in [1.82, 2.24) is 10.6 Å². The van der Waals surface area contributed by atoms with Gasteiger partial charge in [-0.1, -0.05) is 18.2 Å².